The van der Waals surface area contributed by atoms with Crippen LogP contribution in [0.2, 0.25) is 0 Å². The number of aromatic nitrogens is 2. The third kappa shape index (κ3) is 3.97. The number of nitrogens with one attached hydrogen (secondary N) is 2. The van der Waals surface area contributed by atoms with E-state index in [1.807, 2.05) is 48.1 Å². The predicted molar refractivity (Wildman–Crippen MR) is 99.7 cm³/mol. The third-order valence-corrected chi connectivity index (χ3v) is 3.97. The number of anilines is 1. The summed E-state index contributed by atoms with van der Waals surface area (Å²) in [4.78, 5) is 28.4. The minimum atomic E-state index is -0.381. The Kier molecular flexibility index (Phi) is 5.12. The highest BCUT2D eigenvalue weighted by Gasteiger charge is 2.21. The van der Waals surface area contributed by atoms with Crippen molar-refractivity contribution < 1.29 is 9.59 Å². The molecule has 1 aromatic heterocycles. The fourth-order valence-electron chi connectivity index (χ4n) is 2.75. The molecule has 0 aliphatic heterocycles. The fraction of sp³-hybridized carbons (Fsp3) is 0.150. The third-order valence-electron chi connectivity index (χ3n) is 3.97. The van der Waals surface area contributed by atoms with Crippen molar-refractivity contribution in [3.05, 3.63) is 83.9 Å². The number of aryl methyl sites for hydroxylation is 1. The molecule has 1 atom stereocenters. The summed E-state index contributed by atoms with van der Waals surface area (Å²) < 4.78 is 1.88. The van der Waals surface area contributed by atoms with Crippen LogP contribution in [0.5, 0.6) is 0 Å². The molecule has 6 heteroatoms. The molecule has 0 spiro atoms. The van der Waals surface area contributed by atoms with E-state index in [0.29, 0.717) is 11.3 Å². The summed E-state index contributed by atoms with van der Waals surface area (Å²) in [6.45, 7) is 1.43. The Balaban J connectivity index is 1.89. The molecular weight excluding hydrogens is 328 g/mol. The second-order valence-corrected chi connectivity index (χ2v) is 5.98. The van der Waals surface area contributed by atoms with Crippen molar-refractivity contribution >= 4 is 17.5 Å². The standard InChI is InChI=1S/C20H20N4O2/c1-14(25)22-17-10-6-9-16(13-17)20(26)23-18(15-7-4-3-5-8-15)19-21-11-12-24(19)2/h3-13,18H,1-2H3,(H,22,25)(H,23,26). The Labute approximate surface area is 151 Å². The second-order valence-electron chi connectivity index (χ2n) is 5.98. The molecule has 26 heavy (non-hydrogen) atoms. The highest BCUT2D eigenvalue weighted by atomic mass is 16.2. The maximum absolute atomic E-state index is 12.8. The first-order chi connectivity index (χ1) is 12.5. The molecule has 1 unspecified atom stereocenters. The zero-order valence-corrected chi connectivity index (χ0v) is 14.6. The first kappa shape index (κ1) is 17.4. The van der Waals surface area contributed by atoms with Gasteiger partial charge in [-0.1, -0.05) is 36.4 Å². The van der Waals surface area contributed by atoms with Crippen LogP contribution in [-0.2, 0) is 11.8 Å². The molecular formula is C20H20N4O2. The molecule has 0 saturated heterocycles. The summed E-state index contributed by atoms with van der Waals surface area (Å²) in [5.74, 6) is 0.314. The van der Waals surface area contributed by atoms with Gasteiger partial charge < -0.3 is 15.2 Å². The van der Waals surface area contributed by atoms with E-state index in [1.54, 1.807) is 30.5 Å². The normalized spacial score (nSPS) is 11.6. The summed E-state index contributed by atoms with van der Waals surface area (Å²) in [7, 11) is 1.89. The van der Waals surface area contributed by atoms with Crippen LogP contribution >= 0.6 is 0 Å². The number of nitrogens with zero attached hydrogens (tertiary/aromatic N) is 2. The molecule has 0 bridgehead atoms. The molecule has 2 aromatic carbocycles. The Morgan fingerprint density at radius 3 is 2.50 bits per heavy atom. The molecule has 6 nitrogen and oxygen atoms in total. The number of hydrogen-bond donors (Lipinski definition) is 2. The number of carbonyl (C=O) groups is 2. The van der Waals surface area contributed by atoms with Crippen LogP contribution in [0.1, 0.15) is 34.7 Å². The van der Waals surface area contributed by atoms with Gasteiger partial charge in [0.15, 0.2) is 0 Å². The molecule has 0 aliphatic rings. The van der Waals surface area contributed by atoms with Crippen LogP contribution in [-0.4, -0.2) is 21.4 Å². The summed E-state index contributed by atoms with van der Waals surface area (Å²) in [5, 5.41) is 5.72. The van der Waals surface area contributed by atoms with Crippen LogP contribution in [0.3, 0.4) is 0 Å². The fourth-order valence-corrected chi connectivity index (χ4v) is 2.75. The zero-order valence-electron chi connectivity index (χ0n) is 14.6. The molecule has 0 fully saturated rings. The molecule has 3 rings (SSSR count). The maximum atomic E-state index is 12.8. The lowest BCUT2D eigenvalue weighted by Crippen LogP contribution is -2.31. The van der Waals surface area contributed by atoms with Crippen LogP contribution in [0.4, 0.5) is 5.69 Å². The van der Waals surface area contributed by atoms with Crippen molar-refractivity contribution in [3.63, 3.8) is 0 Å². The van der Waals surface area contributed by atoms with E-state index in [-0.39, 0.29) is 17.9 Å². The largest absolute Gasteiger partial charge is 0.338 e. The highest BCUT2D eigenvalue weighted by Crippen LogP contribution is 2.21. The van der Waals surface area contributed by atoms with Gasteiger partial charge in [0.25, 0.3) is 5.91 Å². The van der Waals surface area contributed by atoms with Gasteiger partial charge in [-0.05, 0) is 23.8 Å². The number of carbonyl (C=O) groups excluding carboxylic acids is 2. The SMILES string of the molecule is CC(=O)Nc1cccc(C(=O)NC(c2ccccc2)c2nccn2C)c1. The lowest BCUT2D eigenvalue weighted by molar-refractivity contribution is -0.114. The van der Waals surface area contributed by atoms with Crippen molar-refractivity contribution in [1.29, 1.82) is 0 Å². The summed E-state index contributed by atoms with van der Waals surface area (Å²) in [6, 6.07) is 16.1. The average Bonchev–Trinajstić information content (AvgIpc) is 3.05. The van der Waals surface area contributed by atoms with E-state index in [1.165, 1.54) is 6.92 Å². The van der Waals surface area contributed by atoms with Gasteiger partial charge in [0.2, 0.25) is 5.91 Å². The van der Waals surface area contributed by atoms with Gasteiger partial charge in [0.1, 0.15) is 11.9 Å². The highest BCUT2D eigenvalue weighted by molar-refractivity contribution is 5.97. The van der Waals surface area contributed by atoms with E-state index in [9.17, 15) is 9.59 Å². The Hall–Kier alpha value is -3.41. The summed E-state index contributed by atoms with van der Waals surface area (Å²) >= 11 is 0. The van der Waals surface area contributed by atoms with Gasteiger partial charge in [-0.15, -0.1) is 0 Å². The Morgan fingerprint density at radius 2 is 1.85 bits per heavy atom. The molecule has 1 heterocycles. The maximum Gasteiger partial charge on any atom is 0.252 e. The summed E-state index contributed by atoms with van der Waals surface area (Å²) in [5.41, 5.74) is 1.98. The monoisotopic (exact) mass is 348 g/mol. The molecule has 132 valence electrons. The molecule has 3 aromatic rings. The van der Waals surface area contributed by atoms with Gasteiger partial charge in [-0.25, -0.2) is 4.98 Å². The first-order valence-electron chi connectivity index (χ1n) is 8.25. The average molecular weight is 348 g/mol. The van der Waals surface area contributed by atoms with Gasteiger partial charge in [0.05, 0.1) is 0 Å². The van der Waals surface area contributed by atoms with Crippen LogP contribution < -0.4 is 10.6 Å². The smallest absolute Gasteiger partial charge is 0.252 e. The number of hydrogen-bond acceptors (Lipinski definition) is 3. The van der Waals surface area contributed by atoms with Gasteiger partial charge in [-0.2, -0.15) is 0 Å². The minimum Gasteiger partial charge on any atom is -0.338 e. The van der Waals surface area contributed by atoms with E-state index < -0.39 is 0 Å². The molecule has 0 aliphatic carbocycles. The lowest BCUT2D eigenvalue weighted by Gasteiger charge is -2.19. The van der Waals surface area contributed by atoms with Crippen LogP contribution in [0.25, 0.3) is 0 Å². The van der Waals surface area contributed by atoms with Crippen molar-refractivity contribution in [2.24, 2.45) is 7.05 Å². The van der Waals surface area contributed by atoms with Gasteiger partial charge >= 0.3 is 0 Å². The number of imidazole rings is 1. The number of rotatable bonds is 5. The van der Waals surface area contributed by atoms with Crippen molar-refractivity contribution in [3.8, 4) is 0 Å². The minimum absolute atomic E-state index is 0.183. The van der Waals surface area contributed by atoms with Gasteiger partial charge in [0, 0.05) is 37.6 Å². The Morgan fingerprint density at radius 1 is 1.08 bits per heavy atom. The van der Waals surface area contributed by atoms with Gasteiger partial charge in [-0.3, -0.25) is 9.59 Å². The molecule has 2 amide bonds. The number of amides is 2. The van der Waals surface area contributed by atoms with E-state index in [0.717, 1.165) is 11.4 Å². The summed E-state index contributed by atoms with van der Waals surface area (Å²) in [6.07, 6.45) is 3.55. The first-order valence-corrected chi connectivity index (χ1v) is 8.25. The predicted octanol–water partition coefficient (Wildman–Crippen LogP) is 2.90. The van der Waals surface area contributed by atoms with Crippen molar-refractivity contribution in [2.45, 2.75) is 13.0 Å². The quantitative estimate of drug-likeness (QED) is 0.744. The van der Waals surface area contributed by atoms with E-state index in [2.05, 4.69) is 15.6 Å². The number of benzene rings is 2. The van der Waals surface area contributed by atoms with Crippen LogP contribution in [0.15, 0.2) is 67.0 Å². The van der Waals surface area contributed by atoms with Crippen LogP contribution in [0, 0.1) is 0 Å². The lowest BCUT2D eigenvalue weighted by atomic mass is 10.1. The Bertz CT molecular complexity index is 918. The second kappa shape index (κ2) is 7.65. The van der Waals surface area contributed by atoms with Crippen molar-refractivity contribution in [1.82, 2.24) is 14.9 Å². The van der Waals surface area contributed by atoms with E-state index in [4.69, 9.17) is 0 Å². The van der Waals surface area contributed by atoms with E-state index >= 15 is 0 Å². The molecule has 0 saturated carbocycles. The molecule has 2 N–H and O–H groups in total. The topological polar surface area (TPSA) is 76.0 Å². The zero-order chi connectivity index (χ0) is 18.5. The van der Waals surface area contributed by atoms with Crippen molar-refractivity contribution in [2.75, 3.05) is 5.32 Å². The molecule has 0 radical (unpaired) electrons.